The molecule has 0 saturated heterocycles. The summed E-state index contributed by atoms with van der Waals surface area (Å²) in [6.45, 7) is 0. The first-order valence-electron chi connectivity index (χ1n) is 5.15. The zero-order chi connectivity index (χ0) is 13.0. The summed E-state index contributed by atoms with van der Waals surface area (Å²) in [5.74, 6) is 0.357. The van der Waals surface area contributed by atoms with Gasteiger partial charge in [0.05, 0.1) is 19.8 Å². The molecule has 0 aliphatic carbocycles. The van der Waals surface area contributed by atoms with Crippen LogP contribution in [0.25, 0.3) is 0 Å². The molecule has 1 heterocycles. The van der Waals surface area contributed by atoms with Gasteiger partial charge in [-0.05, 0) is 12.1 Å². The molecule has 7 heteroatoms. The van der Waals surface area contributed by atoms with E-state index in [1.165, 1.54) is 14.2 Å². The highest BCUT2D eigenvalue weighted by Gasteiger charge is 2.13. The van der Waals surface area contributed by atoms with Gasteiger partial charge in [0, 0.05) is 0 Å². The van der Waals surface area contributed by atoms with E-state index in [0.29, 0.717) is 11.3 Å². The Labute approximate surface area is 103 Å². The lowest BCUT2D eigenvalue weighted by Crippen LogP contribution is -2.14. The van der Waals surface area contributed by atoms with Gasteiger partial charge in [-0.25, -0.2) is 5.10 Å². The highest BCUT2D eigenvalue weighted by molar-refractivity contribution is 6.05. The number of ether oxygens (including phenoxy) is 2. The summed E-state index contributed by atoms with van der Waals surface area (Å²) in [6, 6.07) is 7.05. The molecule has 0 radical (unpaired) electrons. The highest BCUT2D eigenvalue weighted by Crippen LogP contribution is 2.18. The average molecular weight is 248 g/mol. The number of anilines is 1. The third kappa shape index (κ3) is 2.40. The Bertz CT molecular complexity index is 553. The van der Waals surface area contributed by atoms with E-state index in [1.807, 2.05) is 0 Å². The molecule has 7 nitrogen and oxygen atoms in total. The van der Waals surface area contributed by atoms with Crippen molar-refractivity contribution in [3.63, 3.8) is 0 Å². The standard InChI is InChI=1S/C11H12N4O3/c1-17-8-6-4-3-5-7(8)9(16)12-10-13-11(18-2)15-14-10/h3-6H,1-2H3,(H2,12,13,14,15,16). The van der Waals surface area contributed by atoms with Crippen LogP contribution >= 0.6 is 0 Å². The van der Waals surface area contributed by atoms with Crippen molar-refractivity contribution in [2.75, 3.05) is 19.5 Å². The van der Waals surface area contributed by atoms with Crippen LogP contribution in [0.15, 0.2) is 24.3 Å². The number of carbonyl (C=O) groups is 1. The lowest BCUT2D eigenvalue weighted by atomic mass is 10.2. The number of nitrogens with one attached hydrogen (secondary N) is 2. The molecule has 0 fully saturated rings. The summed E-state index contributed by atoms with van der Waals surface area (Å²) >= 11 is 0. The fourth-order valence-corrected chi connectivity index (χ4v) is 1.40. The number of para-hydroxylation sites is 1. The van der Waals surface area contributed by atoms with Gasteiger partial charge in [-0.15, -0.1) is 5.10 Å². The van der Waals surface area contributed by atoms with Crippen LogP contribution in [0.4, 0.5) is 5.95 Å². The molecule has 0 unspecified atom stereocenters. The molecule has 0 bridgehead atoms. The van der Waals surface area contributed by atoms with Gasteiger partial charge >= 0.3 is 6.01 Å². The fraction of sp³-hybridized carbons (Fsp3) is 0.182. The monoisotopic (exact) mass is 248 g/mol. The van der Waals surface area contributed by atoms with Crippen molar-refractivity contribution in [3.8, 4) is 11.8 Å². The second-order valence-corrected chi connectivity index (χ2v) is 3.33. The van der Waals surface area contributed by atoms with Crippen LogP contribution in [-0.4, -0.2) is 35.3 Å². The molecule has 2 rings (SSSR count). The van der Waals surface area contributed by atoms with Crippen LogP contribution in [0.1, 0.15) is 10.4 Å². The predicted molar refractivity (Wildman–Crippen MR) is 63.9 cm³/mol. The Hall–Kier alpha value is -2.57. The number of hydrogen-bond acceptors (Lipinski definition) is 5. The number of methoxy groups -OCH3 is 2. The lowest BCUT2D eigenvalue weighted by Gasteiger charge is -2.06. The summed E-state index contributed by atoms with van der Waals surface area (Å²) in [6.07, 6.45) is 0. The van der Waals surface area contributed by atoms with Crippen LogP contribution in [-0.2, 0) is 0 Å². The third-order valence-corrected chi connectivity index (χ3v) is 2.23. The number of benzene rings is 1. The zero-order valence-electron chi connectivity index (χ0n) is 9.93. The van der Waals surface area contributed by atoms with E-state index in [9.17, 15) is 4.79 Å². The summed E-state index contributed by atoms with van der Waals surface area (Å²) in [5, 5.41) is 8.82. The van der Waals surface area contributed by atoms with E-state index in [-0.39, 0.29) is 17.9 Å². The first kappa shape index (κ1) is 11.9. The van der Waals surface area contributed by atoms with E-state index in [1.54, 1.807) is 24.3 Å². The van der Waals surface area contributed by atoms with Gasteiger partial charge in [-0.1, -0.05) is 12.1 Å². The summed E-state index contributed by atoms with van der Waals surface area (Å²) < 4.78 is 9.90. The largest absolute Gasteiger partial charge is 0.496 e. The summed E-state index contributed by atoms with van der Waals surface area (Å²) in [4.78, 5) is 15.9. The normalized spacial score (nSPS) is 9.89. The van der Waals surface area contributed by atoms with Crippen LogP contribution in [0.5, 0.6) is 11.8 Å². The number of hydrogen-bond donors (Lipinski definition) is 2. The molecule has 0 aliphatic rings. The van der Waals surface area contributed by atoms with Crippen molar-refractivity contribution in [2.45, 2.75) is 0 Å². The van der Waals surface area contributed by atoms with E-state index in [4.69, 9.17) is 9.47 Å². The molecule has 0 atom stereocenters. The van der Waals surface area contributed by atoms with Gasteiger partial charge in [0.25, 0.3) is 5.91 Å². The Morgan fingerprint density at radius 1 is 1.28 bits per heavy atom. The Morgan fingerprint density at radius 2 is 2.06 bits per heavy atom. The maximum Gasteiger partial charge on any atom is 0.336 e. The number of H-pyrrole nitrogens is 1. The lowest BCUT2D eigenvalue weighted by molar-refractivity contribution is 0.102. The number of carbonyl (C=O) groups excluding carboxylic acids is 1. The molecule has 18 heavy (non-hydrogen) atoms. The molecule has 2 N–H and O–H groups in total. The minimum atomic E-state index is -0.341. The Balaban J connectivity index is 2.16. The highest BCUT2D eigenvalue weighted by atomic mass is 16.5. The van der Waals surface area contributed by atoms with Crippen molar-refractivity contribution in [2.24, 2.45) is 0 Å². The maximum absolute atomic E-state index is 12.0. The van der Waals surface area contributed by atoms with Crippen LogP contribution in [0, 0.1) is 0 Å². The number of nitrogens with zero attached hydrogens (tertiary/aromatic N) is 2. The Kier molecular flexibility index (Phi) is 3.42. The molecular formula is C11H12N4O3. The predicted octanol–water partition coefficient (Wildman–Crippen LogP) is 1.07. The van der Waals surface area contributed by atoms with Crippen LogP contribution in [0.3, 0.4) is 0 Å². The molecule has 0 saturated carbocycles. The minimum Gasteiger partial charge on any atom is -0.496 e. The van der Waals surface area contributed by atoms with E-state index < -0.39 is 0 Å². The van der Waals surface area contributed by atoms with Crippen molar-refractivity contribution in [1.82, 2.24) is 15.2 Å². The first-order chi connectivity index (χ1) is 8.74. The number of rotatable bonds is 4. The average Bonchev–Trinajstić information content (AvgIpc) is 2.86. The summed E-state index contributed by atoms with van der Waals surface area (Å²) in [7, 11) is 2.94. The molecule has 2 aromatic rings. The van der Waals surface area contributed by atoms with Gasteiger partial charge < -0.3 is 9.47 Å². The molecule has 0 spiro atoms. The van der Waals surface area contributed by atoms with Crippen LogP contribution < -0.4 is 14.8 Å². The van der Waals surface area contributed by atoms with Gasteiger partial charge in [0.1, 0.15) is 5.75 Å². The molecule has 1 amide bonds. The fourth-order valence-electron chi connectivity index (χ4n) is 1.40. The van der Waals surface area contributed by atoms with Gasteiger partial charge in [0.15, 0.2) is 0 Å². The maximum atomic E-state index is 12.0. The molecule has 1 aromatic heterocycles. The van der Waals surface area contributed by atoms with Crippen molar-refractivity contribution in [1.29, 1.82) is 0 Å². The van der Waals surface area contributed by atoms with Gasteiger partial charge in [-0.2, -0.15) is 4.98 Å². The number of amides is 1. The van der Waals surface area contributed by atoms with E-state index in [0.717, 1.165) is 0 Å². The Morgan fingerprint density at radius 3 is 2.72 bits per heavy atom. The van der Waals surface area contributed by atoms with E-state index in [2.05, 4.69) is 20.5 Å². The quantitative estimate of drug-likeness (QED) is 0.844. The van der Waals surface area contributed by atoms with Crippen molar-refractivity contribution >= 4 is 11.9 Å². The third-order valence-electron chi connectivity index (χ3n) is 2.23. The second-order valence-electron chi connectivity index (χ2n) is 3.33. The first-order valence-corrected chi connectivity index (χ1v) is 5.15. The van der Waals surface area contributed by atoms with Gasteiger partial charge in [0.2, 0.25) is 5.95 Å². The number of aromatic nitrogens is 3. The van der Waals surface area contributed by atoms with Crippen molar-refractivity contribution in [3.05, 3.63) is 29.8 Å². The van der Waals surface area contributed by atoms with Gasteiger partial charge in [-0.3, -0.25) is 10.1 Å². The SMILES string of the molecule is COc1n[nH]c(NC(=O)c2ccccc2OC)n1. The molecule has 1 aromatic carbocycles. The van der Waals surface area contributed by atoms with Crippen molar-refractivity contribution < 1.29 is 14.3 Å². The zero-order valence-corrected chi connectivity index (χ0v) is 9.93. The molecule has 0 aliphatic heterocycles. The van der Waals surface area contributed by atoms with E-state index >= 15 is 0 Å². The minimum absolute atomic E-state index is 0.158. The second kappa shape index (κ2) is 5.17. The smallest absolute Gasteiger partial charge is 0.336 e. The molecular weight excluding hydrogens is 236 g/mol. The summed E-state index contributed by atoms with van der Waals surface area (Å²) in [5.41, 5.74) is 0.412. The topological polar surface area (TPSA) is 89.1 Å². The number of aromatic amines is 1. The van der Waals surface area contributed by atoms with Crippen LogP contribution in [0.2, 0.25) is 0 Å². The molecule has 94 valence electrons.